The molecule has 0 saturated heterocycles. The van der Waals surface area contributed by atoms with Gasteiger partial charge in [-0.3, -0.25) is 9.36 Å². The van der Waals surface area contributed by atoms with E-state index in [4.69, 9.17) is 0 Å². The van der Waals surface area contributed by atoms with Crippen molar-refractivity contribution in [1.82, 2.24) is 9.55 Å². The minimum atomic E-state index is -1.29. The van der Waals surface area contributed by atoms with Gasteiger partial charge in [-0.15, -0.1) is 0 Å². The first-order valence-corrected chi connectivity index (χ1v) is 6.72. The van der Waals surface area contributed by atoms with E-state index in [1.54, 1.807) is 30.3 Å². The van der Waals surface area contributed by atoms with E-state index in [9.17, 15) is 19.1 Å². The van der Waals surface area contributed by atoms with Crippen molar-refractivity contribution in [3.05, 3.63) is 80.7 Å². The highest BCUT2D eigenvalue weighted by molar-refractivity contribution is 5.76. The van der Waals surface area contributed by atoms with Gasteiger partial charge in [0.15, 0.2) is 0 Å². The number of nitrogens with zero attached hydrogens (tertiary/aromatic N) is 1. The van der Waals surface area contributed by atoms with Crippen molar-refractivity contribution >= 4 is 10.9 Å². The topological polar surface area (TPSA) is 75.1 Å². The van der Waals surface area contributed by atoms with E-state index in [0.29, 0.717) is 10.9 Å². The summed E-state index contributed by atoms with van der Waals surface area (Å²) >= 11 is 0. The van der Waals surface area contributed by atoms with Gasteiger partial charge in [-0.1, -0.05) is 30.3 Å². The third-order valence-corrected chi connectivity index (χ3v) is 3.51. The molecule has 0 bridgehead atoms. The second-order valence-corrected chi connectivity index (χ2v) is 4.93. The zero-order valence-electron chi connectivity index (χ0n) is 11.5. The van der Waals surface area contributed by atoms with Crippen LogP contribution in [0.1, 0.15) is 11.7 Å². The van der Waals surface area contributed by atoms with Crippen molar-refractivity contribution in [2.45, 2.75) is 12.6 Å². The first kappa shape index (κ1) is 14.2. The van der Waals surface area contributed by atoms with E-state index >= 15 is 0 Å². The SMILES string of the molecule is O=c1[nH]c2ccccc2c(=O)n1CC(O)c1ccccc1F. The molecule has 6 heteroatoms. The average Bonchev–Trinajstić information content (AvgIpc) is 2.51. The van der Waals surface area contributed by atoms with Crippen LogP contribution in [0.5, 0.6) is 0 Å². The molecule has 1 aromatic heterocycles. The normalized spacial score (nSPS) is 12.5. The first-order chi connectivity index (χ1) is 10.6. The second-order valence-electron chi connectivity index (χ2n) is 4.93. The molecule has 0 radical (unpaired) electrons. The fourth-order valence-corrected chi connectivity index (χ4v) is 2.38. The molecular formula is C16H13FN2O3. The maximum absolute atomic E-state index is 13.7. The number of benzene rings is 2. The van der Waals surface area contributed by atoms with Crippen LogP contribution in [0, 0.1) is 5.82 Å². The Labute approximate surface area is 124 Å². The number of para-hydroxylation sites is 1. The predicted octanol–water partition coefficient (Wildman–Crippen LogP) is 1.56. The summed E-state index contributed by atoms with van der Waals surface area (Å²) in [7, 11) is 0. The standard InChI is InChI=1S/C16H13FN2O3/c17-12-7-3-1-5-10(12)14(20)9-19-15(21)11-6-2-4-8-13(11)18-16(19)22/h1-8,14,20H,9H2,(H,18,22). The van der Waals surface area contributed by atoms with Crippen LogP contribution >= 0.6 is 0 Å². The van der Waals surface area contributed by atoms with Crippen molar-refractivity contribution in [1.29, 1.82) is 0 Å². The van der Waals surface area contributed by atoms with Crippen LogP contribution in [0.4, 0.5) is 4.39 Å². The number of aliphatic hydroxyl groups excluding tert-OH is 1. The molecule has 2 N–H and O–H groups in total. The van der Waals surface area contributed by atoms with Gasteiger partial charge in [-0.2, -0.15) is 0 Å². The summed E-state index contributed by atoms with van der Waals surface area (Å²) in [5.41, 5.74) is -0.690. The van der Waals surface area contributed by atoms with Crippen LogP contribution < -0.4 is 11.2 Å². The van der Waals surface area contributed by atoms with E-state index in [1.165, 1.54) is 18.2 Å². The summed E-state index contributed by atoms with van der Waals surface area (Å²) in [5, 5.41) is 10.5. The fraction of sp³-hybridized carbons (Fsp3) is 0.125. The molecule has 112 valence electrons. The lowest BCUT2D eigenvalue weighted by atomic mass is 10.1. The number of rotatable bonds is 3. The van der Waals surface area contributed by atoms with Crippen LogP contribution in [0.25, 0.3) is 10.9 Å². The van der Waals surface area contributed by atoms with E-state index in [1.807, 2.05) is 0 Å². The van der Waals surface area contributed by atoms with Crippen LogP contribution in [0.15, 0.2) is 58.1 Å². The Morgan fingerprint density at radius 2 is 1.77 bits per heavy atom. The Morgan fingerprint density at radius 1 is 1.09 bits per heavy atom. The molecule has 0 aliphatic carbocycles. The van der Waals surface area contributed by atoms with E-state index < -0.39 is 23.2 Å². The Hall–Kier alpha value is -2.73. The molecule has 1 atom stereocenters. The minimum absolute atomic E-state index is 0.0435. The van der Waals surface area contributed by atoms with Gasteiger partial charge >= 0.3 is 5.69 Å². The molecule has 3 rings (SSSR count). The van der Waals surface area contributed by atoms with Gasteiger partial charge in [0.1, 0.15) is 5.82 Å². The van der Waals surface area contributed by atoms with Crippen molar-refractivity contribution in [3.63, 3.8) is 0 Å². The largest absolute Gasteiger partial charge is 0.386 e. The predicted molar refractivity (Wildman–Crippen MR) is 80.2 cm³/mol. The van der Waals surface area contributed by atoms with E-state index in [2.05, 4.69) is 4.98 Å². The van der Waals surface area contributed by atoms with Gasteiger partial charge in [0.25, 0.3) is 5.56 Å². The first-order valence-electron chi connectivity index (χ1n) is 6.72. The van der Waals surface area contributed by atoms with Gasteiger partial charge in [-0.05, 0) is 18.2 Å². The second kappa shape index (κ2) is 5.57. The Kier molecular flexibility index (Phi) is 3.60. The molecule has 5 nitrogen and oxygen atoms in total. The number of aromatic nitrogens is 2. The minimum Gasteiger partial charge on any atom is -0.386 e. The van der Waals surface area contributed by atoms with Crippen LogP contribution in [0.3, 0.4) is 0 Å². The number of halogens is 1. The van der Waals surface area contributed by atoms with Gasteiger partial charge in [0.2, 0.25) is 0 Å². The third kappa shape index (κ3) is 2.44. The summed E-state index contributed by atoms with van der Waals surface area (Å²) in [6, 6.07) is 12.3. The highest BCUT2D eigenvalue weighted by atomic mass is 19.1. The van der Waals surface area contributed by atoms with E-state index in [0.717, 1.165) is 4.57 Å². The van der Waals surface area contributed by atoms with Gasteiger partial charge in [0, 0.05) is 5.56 Å². The Bertz CT molecular complexity index is 946. The molecule has 0 fully saturated rings. The molecular weight excluding hydrogens is 287 g/mol. The van der Waals surface area contributed by atoms with Crippen LogP contribution in [0.2, 0.25) is 0 Å². The van der Waals surface area contributed by atoms with Gasteiger partial charge in [0.05, 0.1) is 23.6 Å². The molecule has 0 aliphatic rings. The van der Waals surface area contributed by atoms with Crippen molar-refractivity contribution in [2.75, 3.05) is 0 Å². The molecule has 1 heterocycles. The highest BCUT2D eigenvalue weighted by Crippen LogP contribution is 2.17. The molecule has 0 saturated carbocycles. The Morgan fingerprint density at radius 3 is 2.55 bits per heavy atom. The zero-order valence-corrected chi connectivity index (χ0v) is 11.5. The molecule has 0 spiro atoms. The number of aliphatic hydroxyl groups is 1. The number of H-pyrrole nitrogens is 1. The Balaban J connectivity index is 2.06. The quantitative estimate of drug-likeness (QED) is 0.771. The van der Waals surface area contributed by atoms with Crippen LogP contribution in [-0.4, -0.2) is 14.7 Å². The lowest BCUT2D eigenvalue weighted by Gasteiger charge is -2.13. The zero-order chi connectivity index (χ0) is 15.7. The molecule has 2 aromatic carbocycles. The summed E-state index contributed by atoms with van der Waals surface area (Å²) < 4.78 is 14.5. The lowest BCUT2D eigenvalue weighted by Crippen LogP contribution is -2.36. The molecule has 0 aliphatic heterocycles. The lowest BCUT2D eigenvalue weighted by molar-refractivity contribution is 0.149. The molecule has 0 amide bonds. The van der Waals surface area contributed by atoms with Gasteiger partial charge < -0.3 is 10.1 Å². The molecule has 3 aromatic rings. The summed E-state index contributed by atoms with van der Waals surface area (Å²) in [5.74, 6) is -0.583. The molecule has 22 heavy (non-hydrogen) atoms. The van der Waals surface area contributed by atoms with E-state index in [-0.39, 0.29) is 12.1 Å². The average molecular weight is 300 g/mol. The number of hydrogen-bond acceptors (Lipinski definition) is 3. The van der Waals surface area contributed by atoms with Gasteiger partial charge in [-0.25, -0.2) is 9.18 Å². The summed E-state index contributed by atoms with van der Waals surface area (Å²) in [6.07, 6.45) is -1.29. The highest BCUT2D eigenvalue weighted by Gasteiger charge is 2.16. The monoisotopic (exact) mass is 300 g/mol. The van der Waals surface area contributed by atoms with Crippen molar-refractivity contribution in [2.24, 2.45) is 0 Å². The summed E-state index contributed by atoms with van der Waals surface area (Å²) in [6.45, 7) is -0.320. The third-order valence-electron chi connectivity index (χ3n) is 3.51. The number of nitrogens with one attached hydrogen (secondary N) is 1. The van der Waals surface area contributed by atoms with Crippen molar-refractivity contribution < 1.29 is 9.50 Å². The van der Waals surface area contributed by atoms with Crippen LogP contribution in [-0.2, 0) is 6.54 Å². The number of hydrogen-bond donors (Lipinski definition) is 2. The van der Waals surface area contributed by atoms with Crippen molar-refractivity contribution in [3.8, 4) is 0 Å². The maximum Gasteiger partial charge on any atom is 0.328 e. The summed E-state index contributed by atoms with van der Waals surface area (Å²) in [4.78, 5) is 26.9. The maximum atomic E-state index is 13.7. The smallest absolute Gasteiger partial charge is 0.328 e. The molecule has 1 unspecified atom stereocenters. The number of fused-ring (bicyclic) bond motifs is 1. The number of aromatic amines is 1. The fourth-order valence-electron chi connectivity index (χ4n) is 2.38.